The molecule has 2 N–H and O–H groups in total. The van der Waals surface area contributed by atoms with Crippen LogP contribution in [-0.4, -0.2) is 11.7 Å². The van der Waals surface area contributed by atoms with Gasteiger partial charge >= 0.3 is 0 Å². The molecule has 92 valence electrons. The van der Waals surface area contributed by atoms with Gasteiger partial charge in [-0.3, -0.25) is 4.79 Å². The lowest BCUT2D eigenvalue weighted by Crippen LogP contribution is -2.30. The summed E-state index contributed by atoms with van der Waals surface area (Å²) >= 11 is 0. The zero-order valence-electron chi connectivity index (χ0n) is 10.9. The van der Waals surface area contributed by atoms with Crippen molar-refractivity contribution < 1.29 is 4.79 Å². The molecule has 0 atom stereocenters. The molecular weight excluding hydrogens is 200 g/mol. The summed E-state index contributed by atoms with van der Waals surface area (Å²) in [7, 11) is 0. The maximum absolute atomic E-state index is 11.7. The summed E-state index contributed by atoms with van der Waals surface area (Å²) in [5, 5.41) is 0. The van der Waals surface area contributed by atoms with E-state index in [1.807, 2.05) is 20.8 Å². The van der Waals surface area contributed by atoms with Gasteiger partial charge in [0.2, 0.25) is 0 Å². The van der Waals surface area contributed by atoms with E-state index in [9.17, 15) is 4.79 Å². The summed E-state index contributed by atoms with van der Waals surface area (Å²) in [4.78, 5) is 15.8. The van der Waals surface area contributed by atoms with Crippen molar-refractivity contribution >= 4 is 11.7 Å². The van der Waals surface area contributed by atoms with E-state index in [1.165, 1.54) is 12.8 Å². The Balaban J connectivity index is 2.60. The lowest BCUT2D eigenvalue weighted by atomic mass is 9.82. The molecular formula is C13H24N2O. The summed E-state index contributed by atoms with van der Waals surface area (Å²) in [5.74, 6) is 1.56. The van der Waals surface area contributed by atoms with Crippen molar-refractivity contribution in [1.29, 1.82) is 0 Å². The molecule has 3 nitrogen and oxygen atoms in total. The first-order valence-electron chi connectivity index (χ1n) is 6.19. The highest BCUT2D eigenvalue weighted by atomic mass is 16.1. The van der Waals surface area contributed by atoms with Gasteiger partial charge in [-0.2, -0.15) is 0 Å². The standard InChI is InChI=1S/C13H24N2O/c1-9-5-7-10(8-6-9)11(14)15-12(16)13(2,3)4/h9-10H,5-8H2,1-4H3,(H2,14,15,16). The number of nitrogens with two attached hydrogens (primary N) is 1. The Bertz CT molecular complexity index is 281. The second-order valence-corrected chi connectivity index (χ2v) is 6.05. The Hall–Kier alpha value is -0.860. The fourth-order valence-electron chi connectivity index (χ4n) is 1.93. The van der Waals surface area contributed by atoms with Crippen LogP contribution in [0.3, 0.4) is 0 Å². The van der Waals surface area contributed by atoms with E-state index in [-0.39, 0.29) is 5.91 Å². The maximum Gasteiger partial charge on any atom is 0.252 e. The predicted molar refractivity (Wildman–Crippen MR) is 67.2 cm³/mol. The minimum Gasteiger partial charge on any atom is -0.387 e. The van der Waals surface area contributed by atoms with Crippen molar-refractivity contribution in [2.45, 2.75) is 53.4 Å². The largest absolute Gasteiger partial charge is 0.387 e. The molecule has 1 rings (SSSR count). The molecule has 1 amide bonds. The van der Waals surface area contributed by atoms with Crippen molar-refractivity contribution in [1.82, 2.24) is 0 Å². The van der Waals surface area contributed by atoms with Gasteiger partial charge in [-0.05, 0) is 18.8 Å². The van der Waals surface area contributed by atoms with Crippen LogP contribution in [0.1, 0.15) is 53.4 Å². The van der Waals surface area contributed by atoms with Gasteiger partial charge in [0.05, 0.1) is 0 Å². The van der Waals surface area contributed by atoms with Gasteiger partial charge < -0.3 is 5.73 Å². The molecule has 0 heterocycles. The molecule has 1 saturated carbocycles. The Morgan fingerprint density at radius 3 is 2.12 bits per heavy atom. The number of hydrogen-bond donors (Lipinski definition) is 1. The maximum atomic E-state index is 11.7. The normalized spacial score (nSPS) is 27.9. The second-order valence-electron chi connectivity index (χ2n) is 6.05. The van der Waals surface area contributed by atoms with Crippen LogP contribution in [0.2, 0.25) is 0 Å². The molecule has 0 bridgehead atoms. The first-order valence-corrected chi connectivity index (χ1v) is 6.19. The molecule has 0 aromatic heterocycles. The topological polar surface area (TPSA) is 55.4 Å². The number of amidine groups is 1. The fourth-order valence-corrected chi connectivity index (χ4v) is 1.93. The predicted octanol–water partition coefficient (Wildman–Crippen LogP) is 2.74. The minimum absolute atomic E-state index is 0.108. The molecule has 0 spiro atoms. The molecule has 1 aliphatic carbocycles. The van der Waals surface area contributed by atoms with Crippen molar-refractivity contribution in [2.75, 3.05) is 0 Å². The highest BCUT2D eigenvalue weighted by molar-refractivity contribution is 5.96. The van der Waals surface area contributed by atoms with Crippen LogP contribution in [-0.2, 0) is 4.79 Å². The van der Waals surface area contributed by atoms with Crippen molar-refractivity contribution in [3.05, 3.63) is 0 Å². The monoisotopic (exact) mass is 224 g/mol. The summed E-state index contributed by atoms with van der Waals surface area (Å²) in [6, 6.07) is 0. The van der Waals surface area contributed by atoms with Gasteiger partial charge in [0, 0.05) is 11.3 Å². The average molecular weight is 224 g/mol. The van der Waals surface area contributed by atoms with Crippen LogP contribution >= 0.6 is 0 Å². The number of amides is 1. The Morgan fingerprint density at radius 1 is 1.19 bits per heavy atom. The lowest BCUT2D eigenvalue weighted by molar-refractivity contribution is -0.124. The van der Waals surface area contributed by atoms with Crippen molar-refractivity contribution in [3.8, 4) is 0 Å². The van der Waals surface area contributed by atoms with Crippen LogP contribution < -0.4 is 5.73 Å². The average Bonchev–Trinajstić information content (AvgIpc) is 2.17. The molecule has 3 heteroatoms. The number of carbonyl (C=O) groups is 1. The smallest absolute Gasteiger partial charge is 0.252 e. The number of rotatable bonds is 1. The van der Waals surface area contributed by atoms with Crippen LogP contribution in [0.5, 0.6) is 0 Å². The van der Waals surface area contributed by atoms with E-state index < -0.39 is 5.41 Å². The summed E-state index contributed by atoms with van der Waals surface area (Å²) < 4.78 is 0. The van der Waals surface area contributed by atoms with E-state index in [0.717, 1.165) is 18.8 Å². The molecule has 0 aromatic carbocycles. The number of nitrogens with zero attached hydrogens (tertiary/aromatic N) is 1. The van der Waals surface area contributed by atoms with Crippen LogP contribution in [0, 0.1) is 17.3 Å². The highest BCUT2D eigenvalue weighted by Gasteiger charge is 2.25. The lowest BCUT2D eigenvalue weighted by Gasteiger charge is -2.26. The van der Waals surface area contributed by atoms with E-state index >= 15 is 0 Å². The summed E-state index contributed by atoms with van der Waals surface area (Å²) in [5.41, 5.74) is 5.50. The van der Waals surface area contributed by atoms with Crippen molar-refractivity contribution in [2.24, 2.45) is 28.0 Å². The van der Waals surface area contributed by atoms with E-state index in [4.69, 9.17) is 5.73 Å². The number of hydrogen-bond acceptors (Lipinski definition) is 1. The van der Waals surface area contributed by atoms with Gasteiger partial charge in [0.15, 0.2) is 0 Å². The molecule has 0 aliphatic heterocycles. The fraction of sp³-hybridized carbons (Fsp3) is 0.846. The Labute approximate surface area is 98.5 Å². The first-order chi connectivity index (χ1) is 7.30. The molecule has 0 aromatic rings. The molecule has 16 heavy (non-hydrogen) atoms. The highest BCUT2D eigenvalue weighted by Crippen LogP contribution is 2.28. The Kier molecular flexibility index (Phi) is 4.11. The zero-order valence-corrected chi connectivity index (χ0v) is 10.9. The molecule has 1 fully saturated rings. The van der Waals surface area contributed by atoms with E-state index in [1.54, 1.807) is 0 Å². The number of carbonyl (C=O) groups excluding carboxylic acids is 1. The van der Waals surface area contributed by atoms with Crippen LogP contribution in [0.4, 0.5) is 0 Å². The van der Waals surface area contributed by atoms with E-state index in [2.05, 4.69) is 11.9 Å². The van der Waals surface area contributed by atoms with Crippen LogP contribution in [0.25, 0.3) is 0 Å². The quantitative estimate of drug-likeness (QED) is 0.550. The van der Waals surface area contributed by atoms with Gasteiger partial charge in [0.25, 0.3) is 5.91 Å². The van der Waals surface area contributed by atoms with Gasteiger partial charge in [0.1, 0.15) is 5.84 Å². The summed E-state index contributed by atoms with van der Waals surface area (Å²) in [6.07, 6.45) is 4.55. The van der Waals surface area contributed by atoms with Crippen molar-refractivity contribution in [3.63, 3.8) is 0 Å². The molecule has 0 saturated heterocycles. The molecule has 0 radical (unpaired) electrons. The first kappa shape index (κ1) is 13.2. The number of aliphatic imine (C=N–C) groups is 1. The van der Waals surface area contributed by atoms with Gasteiger partial charge in [-0.1, -0.05) is 40.5 Å². The minimum atomic E-state index is -0.424. The van der Waals surface area contributed by atoms with Gasteiger partial charge in [-0.25, -0.2) is 4.99 Å². The second kappa shape index (κ2) is 4.98. The third kappa shape index (κ3) is 3.62. The third-order valence-corrected chi connectivity index (χ3v) is 3.31. The van der Waals surface area contributed by atoms with Crippen LogP contribution in [0.15, 0.2) is 4.99 Å². The van der Waals surface area contributed by atoms with E-state index in [0.29, 0.717) is 11.8 Å². The molecule has 1 aliphatic rings. The Morgan fingerprint density at radius 2 is 1.69 bits per heavy atom. The third-order valence-electron chi connectivity index (χ3n) is 3.31. The molecule has 0 unspecified atom stereocenters. The SMILES string of the molecule is CC1CCC(C(N)=NC(=O)C(C)(C)C)CC1. The summed E-state index contributed by atoms with van der Waals surface area (Å²) in [6.45, 7) is 7.88. The zero-order chi connectivity index (χ0) is 12.3. The van der Waals surface area contributed by atoms with Gasteiger partial charge in [-0.15, -0.1) is 0 Å².